The van der Waals surface area contributed by atoms with E-state index in [-0.39, 0.29) is 5.56 Å². The Labute approximate surface area is 118 Å². The molecule has 0 aliphatic carbocycles. The third kappa shape index (κ3) is 3.93. The minimum Gasteiger partial charge on any atom is -0.494 e. The van der Waals surface area contributed by atoms with E-state index in [1.165, 1.54) is 10.7 Å². The number of nitrogens with two attached hydrogens (primary N) is 1. The van der Waals surface area contributed by atoms with E-state index in [1.54, 1.807) is 6.07 Å². The molecule has 106 valence electrons. The molecule has 0 spiro atoms. The van der Waals surface area contributed by atoms with E-state index in [2.05, 4.69) is 5.10 Å². The molecule has 5 nitrogen and oxygen atoms in total. The quantitative estimate of drug-likeness (QED) is 0.809. The maximum Gasteiger partial charge on any atom is 0.266 e. The molecule has 20 heavy (non-hydrogen) atoms. The minimum atomic E-state index is -0.0827. The van der Waals surface area contributed by atoms with Crippen LogP contribution in [-0.2, 0) is 13.1 Å². The molecule has 0 fully saturated rings. The fourth-order valence-corrected chi connectivity index (χ4v) is 1.88. The molecule has 0 amide bonds. The zero-order valence-electron chi connectivity index (χ0n) is 11.6. The predicted octanol–water partition coefficient (Wildman–Crippen LogP) is 1.48. The largest absolute Gasteiger partial charge is 0.494 e. The summed E-state index contributed by atoms with van der Waals surface area (Å²) in [7, 11) is 0. The van der Waals surface area contributed by atoms with Crippen molar-refractivity contribution in [2.75, 3.05) is 6.61 Å². The van der Waals surface area contributed by atoms with Crippen molar-refractivity contribution >= 4 is 0 Å². The summed E-state index contributed by atoms with van der Waals surface area (Å²) in [5.74, 6) is 0.803. The molecule has 2 N–H and O–H groups in total. The molecule has 0 aliphatic rings. The van der Waals surface area contributed by atoms with Gasteiger partial charge in [0, 0.05) is 25.6 Å². The highest BCUT2D eigenvalue weighted by Crippen LogP contribution is 2.12. The third-order valence-corrected chi connectivity index (χ3v) is 2.92. The van der Waals surface area contributed by atoms with Crippen LogP contribution >= 0.6 is 0 Å². The molecule has 0 aliphatic heterocycles. The van der Waals surface area contributed by atoms with Crippen molar-refractivity contribution in [3.05, 3.63) is 58.0 Å². The number of hydrogen-bond donors (Lipinski definition) is 1. The van der Waals surface area contributed by atoms with Gasteiger partial charge in [-0.2, -0.15) is 5.10 Å². The average molecular weight is 273 g/mol. The zero-order chi connectivity index (χ0) is 14.4. The van der Waals surface area contributed by atoms with Gasteiger partial charge in [0.1, 0.15) is 5.75 Å². The van der Waals surface area contributed by atoms with Crippen molar-refractivity contribution in [2.24, 2.45) is 5.73 Å². The lowest BCUT2D eigenvalue weighted by Gasteiger charge is -2.08. The van der Waals surface area contributed by atoms with Crippen LogP contribution in [0.2, 0.25) is 0 Å². The second-order valence-corrected chi connectivity index (χ2v) is 4.59. The Balaban J connectivity index is 1.84. The number of benzene rings is 1. The van der Waals surface area contributed by atoms with Crippen LogP contribution in [0.4, 0.5) is 0 Å². The monoisotopic (exact) mass is 273 g/mol. The van der Waals surface area contributed by atoms with Crippen LogP contribution in [0.1, 0.15) is 17.7 Å². The van der Waals surface area contributed by atoms with Crippen molar-refractivity contribution < 1.29 is 4.74 Å². The minimum absolute atomic E-state index is 0.0827. The van der Waals surface area contributed by atoms with Crippen molar-refractivity contribution in [1.29, 1.82) is 0 Å². The number of nitrogens with zero attached hydrogens (tertiary/aromatic N) is 2. The van der Waals surface area contributed by atoms with E-state index < -0.39 is 0 Å². The van der Waals surface area contributed by atoms with Crippen LogP contribution in [0.3, 0.4) is 0 Å². The fraction of sp³-hybridized carbons (Fsp3) is 0.333. The van der Waals surface area contributed by atoms with Crippen molar-refractivity contribution in [2.45, 2.75) is 26.4 Å². The Morgan fingerprint density at radius 2 is 2.15 bits per heavy atom. The van der Waals surface area contributed by atoms with E-state index in [0.29, 0.717) is 19.7 Å². The van der Waals surface area contributed by atoms with Gasteiger partial charge in [-0.05, 0) is 30.7 Å². The molecule has 0 unspecified atom stereocenters. The van der Waals surface area contributed by atoms with Crippen molar-refractivity contribution in [1.82, 2.24) is 9.78 Å². The van der Waals surface area contributed by atoms with Gasteiger partial charge in [-0.15, -0.1) is 0 Å². The SMILES string of the molecule is Cc1ccc(=O)n(CCCOc2cccc(CN)c2)n1. The van der Waals surface area contributed by atoms with E-state index in [0.717, 1.165) is 23.4 Å². The van der Waals surface area contributed by atoms with Crippen LogP contribution < -0.4 is 16.0 Å². The van der Waals surface area contributed by atoms with Gasteiger partial charge >= 0.3 is 0 Å². The molecule has 0 bridgehead atoms. The Kier molecular flexibility index (Phi) is 4.90. The van der Waals surface area contributed by atoms with Gasteiger partial charge in [0.15, 0.2) is 0 Å². The fourth-order valence-electron chi connectivity index (χ4n) is 1.88. The number of hydrogen-bond acceptors (Lipinski definition) is 4. The lowest BCUT2D eigenvalue weighted by Crippen LogP contribution is -2.23. The summed E-state index contributed by atoms with van der Waals surface area (Å²) in [5, 5.41) is 4.18. The number of aryl methyl sites for hydroxylation is 2. The number of aromatic nitrogens is 2. The summed E-state index contributed by atoms with van der Waals surface area (Å²) in [6.45, 7) is 3.46. The Hall–Kier alpha value is -2.14. The van der Waals surface area contributed by atoms with E-state index >= 15 is 0 Å². The first-order valence-corrected chi connectivity index (χ1v) is 6.65. The van der Waals surface area contributed by atoms with Gasteiger partial charge in [0.2, 0.25) is 0 Å². The molecular weight excluding hydrogens is 254 g/mol. The van der Waals surface area contributed by atoms with E-state index in [1.807, 2.05) is 31.2 Å². The molecule has 0 atom stereocenters. The number of rotatable bonds is 6. The Bertz CT molecular complexity index is 623. The highest BCUT2D eigenvalue weighted by atomic mass is 16.5. The first kappa shape index (κ1) is 14.3. The van der Waals surface area contributed by atoms with Crippen LogP contribution in [0.5, 0.6) is 5.75 Å². The van der Waals surface area contributed by atoms with Crippen LogP contribution in [-0.4, -0.2) is 16.4 Å². The molecule has 0 saturated heterocycles. The van der Waals surface area contributed by atoms with Crippen LogP contribution in [0.15, 0.2) is 41.2 Å². The molecule has 5 heteroatoms. The summed E-state index contributed by atoms with van der Waals surface area (Å²) >= 11 is 0. The van der Waals surface area contributed by atoms with Gasteiger partial charge in [-0.25, -0.2) is 4.68 Å². The van der Waals surface area contributed by atoms with Crippen molar-refractivity contribution in [3.8, 4) is 5.75 Å². The molecule has 0 saturated carbocycles. The predicted molar refractivity (Wildman–Crippen MR) is 77.7 cm³/mol. The molecule has 2 aromatic rings. The van der Waals surface area contributed by atoms with E-state index in [9.17, 15) is 4.79 Å². The van der Waals surface area contributed by atoms with Crippen LogP contribution in [0, 0.1) is 6.92 Å². The topological polar surface area (TPSA) is 70.1 Å². The zero-order valence-corrected chi connectivity index (χ0v) is 11.6. The highest BCUT2D eigenvalue weighted by Gasteiger charge is 1.99. The van der Waals surface area contributed by atoms with Gasteiger partial charge in [-0.3, -0.25) is 4.79 Å². The van der Waals surface area contributed by atoms with Gasteiger partial charge in [0.25, 0.3) is 5.56 Å². The first-order chi connectivity index (χ1) is 9.69. The summed E-state index contributed by atoms with van der Waals surface area (Å²) in [6, 6.07) is 11.0. The lowest BCUT2D eigenvalue weighted by atomic mass is 10.2. The molecule has 2 rings (SSSR count). The van der Waals surface area contributed by atoms with Gasteiger partial charge < -0.3 is 10.5 Å². The standard InChI is InChI=1S/C15H19N3O2/c1-12-6-7-15(19)18(17-12)8-3-9-20-14-5-2-4-13(10-14)11-16/h2,4-7,10H,3,8-9,11,16H2,1H3. The Morgan fingerprint density at radius 1 is 1.30 bits per heavy atom. The highest BCUT2D eigenvalue weighted by molar-refractivity contribution is 5.28. The van der Waals surface area contributed by atoms with Gasteiger partial charge in [-0.1, -0.05) is 12.1 Å². The molecule has 0 radical (unpaired) electrons. The first-order valence-electron chi connectivity index (χ1n) is 6.65. The second kappa shape index (κ2) is 6.86. The lowest BCUT2D eigenvalue weighted by molar-refractivity contribution is 0.296. The summed E-state index contributed by atoms with van der Waals surface area (Å²) in [6.07, 6.45) is 0.725. The van der Waals surface area contributed by atoms with Crippen molar-refractivity contribution in [3.63, 3.8) is 0 Å². The van der Waals surface area contributed by atoms with E-state index in [4.69, 9.17) is 10.5 Å². The average Bonchev–Trinajstić information content (AvgIpc) is 2.47. The second-order valence-electron chi connectivity index (χ2n) is 4.59. The maximum atomic E-state index is 11.6. The Morgan fingerprint density at radius 3 is 2.95 bits per heavy atom. The molecule has 1 aromatic heterocycles. The summed E-state index contributed by atoms with van der Waals surface area (Å²) in [4.78, 5) is 11.6. The molecule has 1 heterocycles. The molecule has 1 aromatic carbocycles. The van der Waals surface area contributed by atoms with Crippen LogP contribution in [0.25, 0.3) is 0 Å². The normalized spacial score (nSPS) is 10.5. The summed E-state index contributed by atoms with van der Waals surface area (Å²) < 4.78 is 7.11. The van der Waals surface area contributed by atoms with Gasteiger partial charge in [0.05, 0.1) is 12.3 Å². The third-order valence-electron chi connectivity index (χ3n) is 2.92. The maximum absolute atomic E-state index is 11.6. The molecular formula is C15H19N3O2. The smallest absolute Gasteiger partial charge is 0.266 e. The number of ether oxygens (including phenoxy) is 1. The summed E-state index contributed by atoms with van der Waals surface area (Å²) in [5.41, 5.74) is 7.37.